The standard InChI is InChI=1S/C21H14N2O2.4C3H7O.2Al/c24-18-10-5-11-19(25)20(18)17-12-22-21-15-8-2-1-6-13(15)14-7-3-4-9-16(14)23(17)21;4*1-3(2)4;;/h1-12,24-25H;4*3H,1-2H3;;/q;4*-1;2*+3/p-2. The van der Waals surface area contributed by atoms with E-state index in [1.165, 1.54) is 0 Å². The van der Waals surface area contributed by atoms with Crippen LogP contribution in [-0.4, -0.2) is 64.1 Å². The zero-order valence-corrected chi connectivity index (χ0v) is 28.5. The molecule has 0 atom stereocenters. The average molecular weight is 615 g/mol. The van der Waals surface area contributed by atoms with E-state index < -0.39 is 30.3 Å². The molecule has 5 aromatic rings. The third kappa shape index (κ3) is 7.37. The Morgan fingerprint density at radius 2 is 1.02 bits per heavy atom. The van der Waals surface area contributed by atoms with Crippen molar-refractivity contribution >= 4 is 57.6 Å². The van der Waals surface area contributed by atoms with Crippen LogP contribution >= 0.6 is 0 Å². The topological polar surface area (TPSA) is 72.7 Å². The van der Waals surface area contributed by atoms with Crippen LogP contribution in [0.4, 0.5) is 0 Å². The Morgan fingerprint density at radius 3 is 1.53 bits per heavy atom. The van der Waals surface area contributed by atoms with Gasteiger partial charge in [0, 0.05) is 35.2 Å². The molecule has 0 N–H and O–H groups in total. The molecule has 10 heteroatoms. The summed E-state index contributed by atoms with van der Waals surface area (Å²) >= 11 is -5.20. The van der Waals surface area contributed by atoms with E-state index >= 15 is 0 Å². The highest BCUT2D eigenvalue weighted by Crippen LogP contribution is 2.42. The lowest BCUT2D eigenvalue weighted by atomic mass is 10.1. The Morgan fingerprint density at radius 1 is 0.558 bits per heavy atom. The van der Waals surface area contributed by atoms with Gasteiger partial charge in [-0.15, -0.1) is 0 Å². The molecule has 2 aromatic heterocycles. The molecule has 8 nitrogen and oxygen atoms in total. The Kier molecular flexibility index (Phi) is 10.3. The normalized spacial score (nSPS) is 12.0. The first-order valence-electron chi connectivity index (χ1n) is 15.0. The molecule has 0 bridgehead atoms. The number of fused-ring (bicyclic) bond motifs is 6. The SMILES string of the molecule is CC(C)[O][Al]([O]c1cccc([O][Al]([O]C(C)C)[O]C(C)C)c1-c1cnc2c3ccccc3c3ccccc3n12)[O]C(C)C. The van der Waals surface area contributed by atoms with E-state index in [1.54, 1.807) is 0 Å². The van der Waals surface area contributed by atoms with Gasteiger partial charge in [0.05, 0.1) is 34.5 Å². The summed E-state index contributed by atoms with van der Waals surface area (Å²) in [7, 11) is 0. The van der Waals surface area contributed by atoms with Gasteiger partial charge >= 0.3 is 30.3 Å². The second-order valence-corrected chi connectivity index (χ2v) is 14.3. The van der Waals surface area contributed by atoms with Crippen molar-refractivity contribution in [3.8, 4) is 22.8 Å². The van der Waals surface area contributed by atoms with Gasteiger partial charge in [-0.2, -0.15) is 0 Å². The Balaban J connectivity index is 1.75. The smallest absolute Gasteiger partial charge is 0.598 e. The van der Waals surface area contributed by atoms with Gasteiger partial charge < -0.3 is 22.7 Å². The first-order chi connectivity index (χ1) is 20.6. The molecule has 0 spiro atoms. The lowest BCUT2D eigenvalue weighted by Gasteiger charge is -2.24. The zero-order chi connectivity index (χ0) is 30.7. The minimum absolute atomic E-state index is 0.0555. The average Bonchev–Trinajstić information content (AvgIpc) is 3.37. The van der Waals surface area contributed by atoms with E-state index in [9.17, 15) is 0 Å². The number of pyridine rings is 1. The molecule has 0 saturated carbocycles. The minimum atomic E-state index is -2.60. The van der Waals surface area contributed by atoms with E-state index in [0.29, 0.717) is 11.5 Å². The molecule has 2 heterocycles. The zero-order valence-electron chi connectivity index (χ0n) is 26.2. The van der Waals surface area contributed by atoms with E-state index in [4.69, 9.17) is 27.7 Å². The maximum absolute atomic E-state index is 6.63. The number of rotatable bonds is 13. The molecule has 0 aliphatic heterocycles. The van der Waals surface area contributed by atoms with Crippen molar-refractivity contribution in [3.05, 3.63) is 72.9 Å². The Hall–Kier alpha value is -2.63. The highest BCUT2D eigenvalue weighted by atomic mass is 27.3. The van der Waals surface area contributed by atoms with Crippen molar-refractivity contribution in [2.24, 2.45) is 0 Å². The summed E-state index contributed by atoms with van der Waals surface area (Å²) < 4.78 is 40.1. The number of imidazole rings is 1. The molecule has 0 fully saturated rings. The summed E-state index contributed by atoms with van der Waals surface area (Å²) in [6.07, 6.45) is 1.66. The summed E-state index contributed by atoms with van der Waals surface area (Å²) in [5.41, 5.74) is 3.44. The van der Waals surface area contributed by atoms with Gasteiger partial charge in [0.2, 0.25) is 0 Å². The number of benzene rings is 3. The maximum atomic E-state index is 6.63. The fourth-order valence-electron chi connectivity index (χ4n) is 5.00. The van der Waals surface area contributed by atoms with Crippen molar-refractivity contribution in [2.45, 2.75) is 79.8 Å². The van der Waals surface area contributed by atoms with Crippen molar-refractivity contribution in [3.63, 3.8) is 0 Å². The molecule has 0 aliphatic rings. The quantitative estimate of drug-likeness (QED) is 0.0993. The van der Waals surface area contributed by atoms with Crippen molar-refractivity contribution in [2.75, 3.05) is 0 Å². The third-order valence-electron chi connectivity index (χ3n) is 6.59. The first-order valence-corrected chi connectivity index (χ1v) is 17.8. The number of para-hydroxylation sites is 1. The number of nitrogens with zero attached hydrogens (tertiary/aromatic N) is 2. The molecule has 0 aliphatic carbocycles. The molecular weight excluding hydrogens is 574 g/mol. The largest absolute Gasteiger partial charge is 1.00 e. The van der Waals surface area contributed by atoms with Gasteiger partial charge in [-0.3, -0.25) is 4.40 Å². The fraction of sp³-hybridized carbons (Fsp3) is 0.364. The van der Waals surface area contributed by atoms with Crippen LogP contribution in [0.1, 0.15) is 55.4 Å². The predicted octanol–water partition coefficient (Wildman–Crippen LogP) is 7.74. The number of hydrogen-bond donors (Lipinski definition) is 0. The highest BCUT2D eigenvalue weighted by Gasteiger charge is 2.41. The summed E-state index contributed by atoms with van der Waals surface area (Å²) in [6.45, 7) is 15.9. The van der Waals surface area contributed by atoms with Crippen LogP contribution in [0.2, 0.25) is 0 Å². The van der Waals surface area contributed by atoms with E-state index in [0.717, 1.165) is 38.6 Å². The predicted molar refractivity (Wildman–Crippen MR) is 173 cm³/mol. The molecule has 0 amide bonds. The van der Waals surface area contributed by atoms with Crippen molar-refractivity contribution in [1.82, 2.24) is 9.38 Å². The lowest BCUT2D eigenvalue weighted by molar-refractivity contribution is 0.0843. The number of aromatic nitrogens is 2. The van der Waals surface area contributed by atoms with Gasteiger partial charge in [0.15, 0.2) is 0 Å². The Bertz CT molecular complexity index is 1620. The summed E-state index contributed by atoms with van der Waals surface area (Å²) in [5, 5.41) is 3.34. The van der Waals surface area contributed by atoms with Gasteiger partial charge in [0.1, 0.15) is 5.65 Å². The molecular formula is C33H40Al2N2O6. The number of hydrogen-bond acceptors (Lipinski definition) is 7. The highest BCUT2D eigenvalue weighted by molar-refractivity contribution is 6.38. The molecule has 5 rings (SSSR count). The molecule has 0 unspecified atom stereocenters. The Labute approximate surface area is 264 Å². The van der Waals surface area contributed by atoms with Crippen molar-refractivity contribution in [1.29, 1.82) is 0 Å². The first kappa shape index (κ1) is 31.8. The molecule has 0 saturated heterocycles. The van der Waals surface area contributed by atoms with Crippen LogP contribution in [0, 0.1) is 0 Å². The van der Waals surface area contributed by atoms with Gasteiger partial charge in [-0.05, 0) is 79.0 Å². The second kappa shape index (κ2) is 14.0. The summed E-state index contributed by atoms with van der Waals surface area (Å²) in [5.74, 6) is 1.19. The monoisotopic (exact) mass is 614 g/mol. The third-order valence-corrected chi connectivity index (χ3v) is 10.5. The van der Waals surface area contributed by atoms with Crippen LogP contribution in [0.15, 0.2) is 72.9 Å². The molecule has 3 aromatic carbocycles. The van der Waals surface area contributed by atoms with Crippen LogP contribution in [0.5, 0.6) is 11.5 Å². The molecule has 43 heavy (non-hydrogen) atoms. The van der Waals surface area contributed by atoms with Crippen molar-refractivity contribution < 1.29 is 22.7 Å². The second-order valence-electron chi connectivity index (χ2n) is 11.5. The molecule has 224 valence electrons. The van der Waals surface area contributed by atoms with E-state index in [-0.39, 0.29) is 24.4 Å². The maximum Gasteiger partial charge on any atom is 1.00 e. The summed E-state index contributed by atoms with van der Waals surface area (Å²) in [4.78, 5) is 4.96. The van der Waals surface area contributed by atoms with E-state index in [2.05, 4.69) is 40.8 Å². The fourth-order valence-corrected chi connectivity index (χ4v) is 7.94. The van der Waals surface area contributed by atoms with Crippen LogP contribution in [-0.2, 0) is 15.2 Å². The molecule has 0 radical (unpaired) electrons. The van der Waals surface area contributed by atoms with Gasteiger partial charge in [-0.1, -0.05) is 48.5 Å². The van der Waals surface area contributed by atoms with E-state index in [1.807, 2.05) is 91.9 Å². The minimum Gasteiger partial charge on any atom is -0.598 e. The van der Waals surface area contributed by atoms with Crippen LogP contribution < -0.4 is 7.58 Å². The van der Waals surface area contributed by atoms with Gasteiger partial charge in [-0.25, -0.2) is 4.98 Å². The summed E-state index contributed by atoms with van der Waals surface area (Å²) in [6, 6.07) is 22.5. The van der Waals surface area contributed by atoms with Crippen LogP contribution in [0.3, 0.4) is 0 Å². The van der Waals surface area contributed by atoms with Gasteiger partial charge in [0.25, 0.3) is 0 Å². The van der Waals surface area contributed by atoms with Crippen LogP contribution in [0.25, 0.3) is 38.6 Å². The lowest BCUT2D eigenvalue weighted by Crippen LogP contribution is -2.36.